The fourth-order valence-electron chi connectivity index (χ4n) is 3.26. The van der Waals surface area contributed by atoms with Crippen molar-refractivity contribution >= 4 is 15.7 Å². The Morgan fingerprint density at radius 3 is 1.94 bits per heavy atom. The zero-order valence-corrected chi connectivity index (χ0v) is 18.4. The molecule has 0 radical (unpaired) electrons. The van der Waals surface area contributed by atoms with E-state index in [0.717, 1.165) is 5.56 Å². The van der Waals surface area contributed by atoms with Gasteiger partial charge in [-0.25, -0.2) is 8.42 Å². The van der Waals surface area contributed by atoms with E-state index in [1.54, 1.807) is 42.5 Å². The van der Waals surface area contributed by atoms with Gasteiger partial charge in [0.1, 0.15) is 17.2 Å². The first-order valence-electron chi connectivity index (χ1n) is 10.1. The van der Waals surface area contributed by atoms with Crippen LogP contribution in [0.1, 0.15) is 5.56 Å². The molecule has 4 rings (SSSR count). The monoisotopic (exact) mass is 445 g/mol. The molecule has 6 heteroatoms. The van der Waals surface area contributed by atoms with Crippen LogP contribution in [0.25, 0.3) is 0 Å². The van der Waals surface area contributed by atoms with Gasteiger partial charge in [-0.1, -0.05) is 54.6 Å². The minimum Gasteiger partial charge on any atom is -0.497 e. The van der Waals surface area contributed by atoms with E-state index < -0.39 is 10.0 Å². The number of anilines is 1. The lowest BCUT2D eigenvalue weighted by Crippen LogP contribution is -2.30. The molecule has 0 amide bonds. The third-order valence-corrected chi connectivity index (χ3v) is 6.67. The Balaban J connectivity index is 1.69. The van der Waals surface area contributed by atoms with Crippen LogP contribution in [0.2, 0.25) is 0 Å². The number of nitrogens with zero attached hydrogens (tertiary/aromatic N) is 1. The maximum Gasteiger partial charge on any atom is 0.264 e. The van der Waals surface area contributed by atoms with Gasteiger partial charge in [-0.15, -0.1) is 0 Å². The van der Waals surface area contributed by atoms with E-state index in [9.17, 15) is 8.42 Å². The second-order valence-corrected chi connectivity index (χ2v) is 8.95. The fourth-order valence-corrected chi connectivity index (χ4v) is 4.75. The summed E-state index contributed by atoms with van der Waals surface area (Å²) >= 11 is 0. The molecule has 0 aliphatic heterocycles. The first kappa shape index (κ1) is 21.5. The summed E-state index contributed by atoms with van der Waals surface area (Å²) in [6, 6.07) is 32.4. The molecule has 0 aliphatic rings. The van der Waals surface area contributed by atoms with Crippen molar-refractivity contribution < 1.29 is 17.9 Å². The van der Waals surface area contributed by atoms with Crippen LogP contribution in [0.15, 0.2) is 114 Å². The van der Waals surface area contributed by atoms with Gasteiger partial charge in [-0.3, -0.25) is 4.31 Å². The molecule has 32 heavy (non-hydrogen) atoms. The smallest absolute Gasteiger partial charge is 0.264 e. The molecule has 5 nitrogen and oxygen atoms in total. The Morgan fingerprint density at radius 2 is 1.28 bits per heavy atom. The first-order valence-corrected chi connectivity index (χ1v) is 11.5. The molecule has 4 aromatic carbocycles. The summed E-state index contributed by atoms with van der Waals surface area (Å²) in [6.07, 6.45) is 0. The summed E-state index contributed by atoms with van der Waals surface area (Å²) in [5.74, 6) is 1.82. The Kier molecular flexibility index (Phi) is 6.42. The van der Waals surface area contributed by atoms with Gasteiger partial charge >= 0.3 is 0 Å². The van der Waals surface area contributed by atoms with Crippen molar-refractivity contribution in [3.63, 3.8) is 0 Å². The number of ether oxygens (including phenoxy) is 2. The number of sulfonamides is 1. The van der Waals surface area contributed by atoms with Crippen molar-refractivity contribution in [2.45, 2.75) is 11.4 Å². The van der Waals surface area contributed by atoms with E-state index in [-0.39, 0.29) is 11.4 Å². The van der Waals surface area contributed by atoms with E-state index in [1.165, 1.54) is 17.5 Å². The van der Waals surface area contributed by atoms with E-state index in [0.29, 0.717) is 22.9 Å². The largest absolute Gasteiger partial charge is 0.497 e. The maximum absolute atomic E-state index is 13.6. The summed E-state index contributed by atoms with van der Waals surface area (Å²) in [5, 5.41) is 0. The number of benzene rings is 4. The van der Waals surface area contributed by atoms with Crippen molar-refractivity contribution in [3.8, 4) is 17.2 Å². The van der Waals surface area contributed by atoms with Gasteiger partial charge < -0.3 is 9.47 Å². The maximum atomic E-state index is 13.6. The van der Waals surface area contributed by atoms with Crippen molar-refractivity contribution in [1.82, 2.24) is 0 Å². The van der Waals surface area contributed by atoms with Crippen LogP contribution in [0.4, 0.5) is 5.69 Å². The summed E-state index contributed by atoms with van der Waals surface area (Å²) in [5.41, 5.74) is 1.42. The van der Waals surface area contributed by atoms with Crippen molar-refractivity contribution in [2.24, 2.45) is 0 Å². The lowest BCUT2D eigenvalue weighted by atomic mass is 10.2. The van der Waals surface area contributed by atoms with Gasteiger partial charge in [0.15, 0.2) is 0 Å². The number of methoxy groups -OCH3 is 1. The molecule has 0 aliphatic carbocycles. The quantitative estimate of drug-likeness (QED) is 0.340. The molecule has 162 valence electrons. The van der Waals surface area contributed by atoms with Crippen molar-refractivity contribution in [1.29, 1.82) is 0 Å². The lowest BCUT2D eigenvalue weighted by Gasteiger charge is -2.25. The standard InChI is InChI=1S/C26H23NO4S/c1-30-25-13-8-14-26(19-25)32(28,29)27(20-21-9-4-2-5-10-21)22-15-17-24(18-16-22)31-23-11-6-3-7-12-23/h2-19H,20H2,1H3. The molecule has 0 fully saturated rings. The Bertz CT molecular complexity index is 1260. The highest BCUT2D eigenvalue weighted by atomic mass is 32.2. The zero-order chi connectivity index (χ0) is 22.4. The third kappa shape index (κ3) is 4.92. The van der Waals surface area contributed by atoms with Gasteiger partial charge in [-0.2, -0.15) is 0 Å². The van der Waals surface area contributed by atoms with E-state index in [4.69, 9.17) is 9.47 Å². The van der Waals surface area contributed by atoms with Gasteiger partial charge in [-0.05, 0) is 54.1 Å². The van der Waals surface area contributed by atoms with E-state index >= 15 is 0 Å². The number of hydrogen-bond donors (Lipinski definition) is 0. The average Bonchev–Trinajstić information content (AvgIpc) is 2.84. The van der Waals surface area contributed by atoms with Crippen LogP contribution in [0.3, 0.4) is 0 Å². The molecule has 0 aromatic heterocycles. The van der Waals surface area contributed by atoms with Crippen LogP contribution in [-0.2, 0) is 16.6 Å². The molecular formula is C26H23NO4S. The molecule has 0 N–H and O–H groups in total. The molecule has 0 spiro atoms. The highest BCUT2D eigenvalue weighted by molar-refractivity contribution is 7.92. The first-order chi connectivity index (χ1) is 15.6. The third-order valence-electron chi connectivity index (χ3n) is 4.90. The van der Waals surface area contributed by atoms with Gasteiger partial charge in [0.25, 0.3) is 10.0 Å². The Labute approximate surface area is 188 Å². The second kappa shape index (κ2) is 9.58. The van der Waals surface area contributed by atoms with E-state index in [2.05, 4.69) is 0 Å². The highest BCUT2D eigenvalue weighted by Gasteiger charge is 2.26. The predicted molar refractivity (Wildman–Crippen MR) is 126 cm³/mol. The van der Waals surface area contributed by atoms with Crippen molar-refractivity contribution in [3.05, 3.63) is 115 Å². The molecule has 4 aromatic rings. The van der Waals surface area contributed by atoms with Crippen LogP contribution in [0, 0.1) is 0 Å². The lowest BCUT2D eigenvalue weighted by molar-refractivity contribution is 0.413. The summed E-state index contributed by atoms with van der Waals surface area (Å²) in [7, 11) is -2.33. The molecule has 0 saturated carbocycles. The van der Waals surface area contributed by atoms with Crippen LogP contribution in [-0.4, -0.2) is 15.5 Å². The highest BCUT2D eigenvalue weighted by Crippen LogP contribution is 2.30. The summed E-state index contributed by atoms with van der Waals surface area (Å²) in [6.45, 7) is 0.194. The molecule has 0 atom stereocenters. The average molecular weight is 446 g/mol. The van der Waals surface area contributed by atoms with Crippen molar-refractivity contribution in [2.75, 3.05) is 11.4 Å². The van der Waals surface area contributed by atoms with E-state index in [1.807, 2.05) is 60.7 Å². The van der Waals surface area contributed by atoms with Crippen LogP contribution >= 0.6 is 0 Å². The van der Waals surface area contributed by atoms with Crippen LogP contribution in [0.5, 0.6) is 17.2 Å². The minimum atomic E-state index is -3.84. The summed E-state index contributed by atoms with van der Waals surface area (Å²) in [4.78, 5) is 0.164. The molecule has 0 bridgehead atoms. The normalized spacial score (nSPS) is 11.0. The minimum absolute atomic E-state index is 0.164. The topological polar surface area (TPSA) is 55.8 Å². The fraction of sp³-hybridized carbons (Fsp3) is 0.0769. The Hall–Kier alpha value is -3.77. The number of hydrogen-bond acceptors (Lipinski definition) is 4. The summed E-state index contributed by atoms with van der Waals surface area (Å²) < 4.78 is 39.7. The zero-order valence-electron chi connectivity index (χ0n) is 17.6. The molecular weight excluding hydrogens is 422 g/mol. The predicted octanol–water partition coefficient (Wildman–Crippen LogP) is 5.88. The molecule has 0 heterocycles. The second-order valence-electron chi connectivity index (χ2n) is 7.09. The van der Waals surface area contributed by atoms with Crippen LogP contribution < -0.4 is 13.8 Å². The number of para-hydroxylation sites is 1. The van der Waals surface area contributed by atoms with Gasteiger partial charge in [0.05, 0.1) is 24.2 Å². The Morgan fingerprint density at radius 1 is 0.688 bits per heavy atom. The number of rotatable bonds is 8. The molecule has 0 saturated heterocycles. The SMILES string of the molecule is COc1cccc(S(=O)(=O)N(Cc2ccccc2)c2ccc(Oc3ccccc3)cc2)c1. The molecule has 0 unspecified atom stereocenters. The van der Waals surface area contributed by atoms with Gasteiger partial charge in [0.2, 0.25) is 0 Å². The van der Waals surface area contributed by atoms with Gasteiger partial charge in [0, 0.05) is 6.07 Å².